The molecule has 0 aliphatic heterocycles. The van der Waals surface area contributed by atoms with E-state index in [-0.39, 0.29) is 18.4 Å². The van der Waals surface area contributed by atoms with Gasteiger partial charge in [-0.1, -0.05) is 24.3 Å². The van der Waals surface area contributed by atoms with Crippen LogP contribution < -0.4 is 0 Å². The van der Waals surface area contributed by atoms with Gasteiger partial charge in [-0.2, -0.15) is 0 Å². The molecule has 1 aromatic heterocycles. The number of esters is 1. The number of halogens is 1. The van der Waals surface area contributed by atoms with Crippen molar-refractivity contribution >= 4 is 41.5 Å². The van der Waals surface area contributed by atoms with Crippen LogP contribution >= 0.6 is 12.4 Å². The van der Waals surface area contributed by atoms with E-state index >= 15 is 0 Å². The van der Waals surface area contributed by atoms with E-state index in [9.17, 15) is 9.59 Å². The minimum absolute atomic E-state index is 0. The van der Waals surface area contributed by atoms with Gasteiger partial charge in [-0.3, -0.25) is 0 Å². The number of nitrogens with zero attached hydrogens (tertiary/aromatic N) is 1. The highest BCUT2D eigenvalue weighted by molar-refractivity contribution is 5.93. The van der Waals surface area contributed by atoms with Gasteiger partial charge in [0.05, 0.1) is 23.7 Å². The average molecular weight is 373 g/mol. The number of nitrogens with one attached hydrogen (secondary N) is 1. The van der Waals surface area contributed by atoms with Gasteiger partial charge < -0.3 is 14.8 Å². The number of aromatic amines is 1. The van der Waals surface area contributed by atoms with E-state index in [1.807, 2.05) is 24.3 Å². The molecule has 134 valence electrons. The van der Waals surface area contributed by atoms with Crippen LogP contribution in [0.5, 0.6) is 0 Å². The average Bonchev–Trinajstić information content (AvgIpc) is 3.01. The molecule has 0 spiro atoms. The quantitative estimate of drug-likeness (QED) is 0.528. The fourth-order valence-corrected chi connectivity index (χ4v) is 2.50. The van der Waals surface area contributed by atoms with E-state index in [4.69, 9.17) is 9.84 Å². The van der Waals surface area contributed by atoms with Gasteiger partial charge in [0.1, 0.15) is 5.82 Å². The number of aromatic nitrogens is 2. The number of carbonyl (C=O) groups excluding carboxylic acids is 1. The van der Waals surface area contributed by atoms with Crippen molar-refractivity contribution in [2.75, 3.05) is 7.11 Å². The lowest BCUT2D eigenvalue weighted by Gasteiger charge is -1.99. The summed E-state index contributed by atoms with van der Waals surface area (Å²) < 4.78 is 4.72. The summed E-state index contributed by atoms with van der Waals surface area (Å²) in [6.07, 6.45) is 3.25. The summed E-state index contributed by atoms with van der Waals surface area (Å²) in [5.74, 6) is -0.577. The van der Waals surface area contributed by atoms with Crippen molar-refractivity contribution in [1.82, 2.24) is 9.97 Å². The number of imidazole rings is 1. The van der Waals surface area contributed by atoms with E-state index in [2.05, 4.69) is 9.97 Å². The number of carboxylic acids is 1. The zero-order valence-electron chi connectivity index (χ0n) is 13.9. The van der Waals surface area contributed by atoms with Crippen molar-refractivity contribution in [2.24, 2.45) is 0 Å². The van der Waals surface area contributed by atoms with Gasteiger partial charge in [-0.05, 0) is 35.4 Å². The van der Waals surface area contributed by atoms with Gasteiger partial charge in [-0.15, -0.1) is 12.4 Å². The lowest BCUT2D eigenvalue weighted by Crippen LogP contribution is -2.00. The van der Waals surface area contributed by atoms with Gasteiger partial charge in [0.2, 0.25) is 0 Å². The Morgan fingerprint density at radius 1 is 1.19 bits per heavy atom. The van der Waals surface area contributed by atoms with E-state index in [1.165, 1.54) is 7.11 Å². The predicted octanol–water partition coefficient (Wildman–Crippen LogP) is 3.46. The standard InChI is InChI=1S/C19H16N2O4.ClH/c1-25-19(24)14-7-8-15-16(11-14)21-17(20-15)10-13-4-2-12(3-5-13)6-9-18(22)23;/h2-9,11H,10H2,1H3,(H,20,21)(H,22,23);1H/b9-6+;. The summed E-state index contributed by atoms with van der Waals surface area (Å²) in [5, 5.41) is 8.63. The molecule has 0 aliphatic rings. The first-order chi connectivity index (χ1) is 12.0. The topological polar surface area (TPSA) is 92.3 Å². The second-order valence-electron chi connectivity index (χ2n) is 5.50. The fourth-order valence-electron chi connectivity index (χ4n) is 2.50. The van der Waals surface area contributed by atoms with Gasteiger partial charge in [0.15, 0.2) is 0 Å². The molecule has 26 heavy (non-hydrogen) atoms. The molecule has 0 bridgehead atoms. The number of hydrogen-bond donors (Lipinski definition) is 2. The lowest BCUT2D eigenvalue weighted by atomic mass is 10.1. The molecule has 0 fully saturated rings. The maximum absolute atomic E-state index is 11.6. The fraction of sp³-hybridized carbons (Fsp3) is 0.105. The molecular weight excluding hydrogens is 356 g/mol. The van der Waals surface area contributed by atoms with Gasteiger partial charge in [-0.25, -0.2) is 14.6 Å². The van der Waals surface area contributed by atoms with Crippen LogP contribution in [0.1, 0.15) is 27.3 Å². The molecule has 0 aliphatic carbocycles. The highest BCUT2D eigenvalue weighted by Crippen LogP contribution is 2.17. The number of ether oxygens (including phenoxy) is 1. The van der Waals surface area contributed by atoms with Crippen molar-refractivity contribution in [3.63, 3.8) is 0 Å². The largest absolute Gasteiger partial charge is 0.478 e. The van der Waals surface area contributed by atoms with Gasteiger partial charge >= 0.3 is 11.9 Å². The van der Waals surface area contributed by atoms with Crippen LogP contribution in [0.15, 0.2) is 48.5 Å². The Hall–Kier alpha value is -3.12. The molecule has 0 amide bonds. The number of hydrogen-bond acceptors (Lipinski definition) is 4. The maximum atomic E-state index is 11.6. The van der Waals surface area contributed by atoms with Gasteiger partial charge in [0, 0.05) is 12.5 Å². The van der Waals surface area contributed by atoms with E-state index in [0.29, 0.717) is 12.0 Å². The van der Waals surface area contributed by atoms with Crippen LogP contribution in [0.4, 0.5) is 0 Å². The molecule has 0 radical (unpaired) electrons. The number of fused-ring (bicyclic) bond motifs is 1. The van der Waals surface area contributed by atoms with Crippen LogP contribution in [0.2, 0.25) is 0 Å². The van der Waals surface area contributed by atoms with Crippen molar-refractivity contribution in [3.8, 4) is 0 Å². The van der Waals surface area contributed by atoms with Crippen LogP contribution in [-0.4, -0.2) is 34.1 Å². The monoisotopic (exact) mass is 372 g/mol. The molecule has 0 atom stereocenters. The maximum Gasteiger partial charge on any atom is 0.337 e. The Morgan fingerprint density at radius 2 is 1.92 bits per heavy atom. The minimum Gasteiger partial charge on any atom is -0.478 e. The number of methoxy groups -OCH3 is 1. The summed E-state index contributed by atoms with van der Waals surface area (Å²) in [4.78, 5) is 29.8. The number of rotatable bonds is 5. The van der Waals surface area contributed by atoms with Crippen LogP contribution in [-0.2, 0) is 16.0 Å². The van der Waals surface area contributed by atoms with Gasteiger partial charge in [0.25, 0.3) is 0 Å². The second kappa shape index (κ2) is 8.31. The molecule has 2 N–H and O–H groups in total. The first-order valence-corrected chi connectivity index (χ1v) is 7.62. The normalized spacial score (nSPS) is 10.7. The van der Waals surface area contributed by atoms with Crippen LogP contribution in [0.3, 0.4) is 0 Å². The molecule has 3 rings (SSSR count). The number of aliphatic carboxylic acids is 1. The summed E-state index contributed by atoms with van der Waals surface area (Å²) >= 11 is 0. The number of carbonyl (C=O) groups is 2. The molecule has 3 aromatic rings. The van der Waals surface area contributed by atoms with Crippen molar-refractivity contribution in [2.45, 2.75) is 6.42 Å². The number of benzene rings is 2. The zero-order valence-corrected chi connectivity index (χ0v) is 14.7. The Labute approximate surface area is 155 Å². The lowest BCUT2D eigenvalue weighted by molar-refractivity contribution is -0.131. The SMILES string of the molecule is COC(=O)c1ccc2nc(Cc3ccc(/C=C/C(=O)O)cc3)[nH]c2c1.Cl. The molecular formula is C19H17ClN2O4. The number of carboxylic acid groups (broad SMARTS) is 1. The predicted molar refractivity (Wildman–Crippen MR) is 101 cm³/mol. The summed E-state index contributed by atoms with van der Waals surface area (Å²) in [5.41, 5.74) is 3.89. The molecule has 0 unspecified atom stereocenters. The Kier molecular flexibility index (Phi) is 6.14. The molecule has 6 nitrogen and oxygen atoms in total. The highest BCUT2D eigenvalue weighted by Gasteiger charge is 2.09. The smallest absolute Gasteiger partial charge is 0.337 e. The third kappa shape index (κ3) is 4.49. The van der Waals surface area contributed by atoms with Crippen molar-refractivity contribution in [3.05, 3.63) is 71.1 Å². The highest BCUT2D eigenvalue weighted by atomic mass is 35.5. The van der Waals surface area contributed by atoms with Crippen LogP contribution in [0, 0.1) is 0 Å². The van der Waals surface area contributed by atoms with E-state index < -0.39 is 5.97 Å². The van der Waals surface area contributed by atoms with E-state index in [0.717, 1.165) is 34.1 Å². The zero-order chi connectivity index (χ0) is 17.8. The number of H-pyrrole nitrogens is 1. The third-order valence-electron chi connectivity index (χ3n) is 3.72. The summed E-state index contributed by atoms with van der Waals surface area (Å²) in [7, 11) is 1.35. The molecule has 0 saturated carbocycles. The van der Waals surface area contributed by atoms with E-state index in [1.54, 1.807) is 24.3 Å². The molecule has 7 heteroatoms. The molecule has 1 heterocycles. The summed E-state index contributed by atoms with van der Waals surface area (Å²) in [6, 6.07) is 12.7. The van der Waals surface area contributed by atoms with Crippen molar-refractivity contribution < 1.29 is 19.4 Å². The Morgan fingerprint density at radius 3 is 2.58 bits per heavy atom. The van der Waals surface area contributed by atoms with Crippen LogP contribution in [0.25, 0.3) is 17.1 Å². The first kappa shape index (κ1) is 19.2. The minimum atomic E-state index is -0.974. The molecule has 2 aromatic carbocycles. The second-order valence-corrected chi connectivity index (χ2v) is 5.50. The Balaban J connectivity index is 0.00000243. The molecule has 0 saturated heterocycles. The van der Waals surface area contributed by atoms with Crippen molar-refractivity contribution in [1.29, 1.82) is 0 Å². The Bertz CT molecular complexity index is 961. The third-order valence-corrected chi connectivity index (χ3v) is 3.72. The first-order valence-electron chi connectivity index (χ1n) is 7.62. The summed E-state index contributed by atoms with van der Waals surface area (Å²) in [6.45, 7) is 0.